The van der Waals surface area contributed by atoms with Gasteiger partial charge in [-0.05, 0) is 66.4 Å². The van der Waals surface area contributed by atoms with Crippen LogP contribution in [0.3, 0.4) is 0 Å². The summed E-state index contributed by atoms with van der Waals surface area (Å²) in [5.41, 5.74) is 2.95. The van der Waals surface area contributed by atoms with Gasteiger partial charge in [0.25, 0.3) is 5.91 Å². The standard InChI is InChI=1S/C26H25N3O4S/c27-18-20-7-9-21(10-8-20)22-11-13-24(14-12-22)33-19-26(30)28-23-5-4-6-25(17-23)34(31,32)29-15-2-1-3-16-29/h4-14,17H,1-3,15-16,19H2,(H,28,30). The monoisotopic (exact) mass is 475 g/mol. The van der Waals surface area contributed by atoms with E-state index in [0.29, 0.717) is 30.1 Å². The molecule has 1 aliphatic rings. The van der Waals surface area contributed by atoms with Crippen molar-refractivity contribution < 1.29 is 17.9 Å². The third-order valence-electron chi connectivity index (χ3n) is 5.64. The summed E-state index contributed by atoms with van der Waals surface area (Å²) in [6, 6.07) is 23.0. The summed E-state index contributed by atoms with van der Waals surface area (Å²) in [4.78, 5) is 12.5. The van der Waals surface area contributed by atoms with Gasteiger partial charge in [-0.1, -0.05) is 36.8 Å². The van der Waals surface area contributed by atoms with Gasteiger partial charge in [0.2, 0.25) is 10.0 Å². The van der Waals surface area contributed by atoms with Crippen LogP contribution in [-0.4, -0.2) is 38.3 Å². The molecule has 0 aromatic heterocycles. The third kappa shape index (κ3) is 5.63. The Bertz CT molecular complexity index is 1290. The number of hydrogen-bond acceptors (Lipinski definition) is 5. The molecule has 0 unspecified atom stereocenters. The lowest BCUT2D eigenvalue weighted by atomic mass is 10.0. The lowest BCUT2D eigenvalue weighted by molar-refractivity contribution is -0.118. The molecule has 1 heterocycles. The van der Waals surface area contributed by atoms with Crippen LogP contribution in [-0.2, 0) is 14.8 Å². The highest BCUT2D eigenvalue weighted by atomic mass is 32.2. The van der Waals surface area contributed by atoms with Crippen LogP contribution in [0.25, 0.3) is 11.1 Å². The Balaban J connectivity index is 1.34. The van der Waals surface area contributed by atoms with E-state index in [2.05, 4.69) is 11.4 Å². The van der Waals surface area contributed by atoms with Gasteiger partial charge in [0.15, 0.2) is 6.61 Å². The molecule has 0 saturated carbocycles. The number of piperidine rings is 1. The second kappa shape index (κ2) is 10.5. The number of carbonyl (C=O) groups is 1. The van der Waals surface area contributed by atoms with Crippen LogP contribution in [0.15, 0.2) is 77.7 Å². The SMILES string of the molecule is N#Cc1ccc(-c2ccc(OCC(=O)Nc3cccc(S(=O)(=O)N4CCCCC4)c3)cc2)cc1. The van der Waals surface area contributed by atoms with Crippen LogP contribution < -0.4 is 10.1 Å². The zero-order valence-corrected chi connectivity index (χ0v) is 19.4. The minimum Gasteiger partial charge on any atom is -0.484 e. The first-order valence-electron chi connectivity index (χ1n) is 11.1. The van der Waals surface area contributed by atoms with Gasteiger partial charge in [-0.2, -0.15) is 9.57 Å². The number of benzene rings is 3. The Morgan fingerprint density at radius 3 is 2.24 bits per heavy atom. The zero-order chi connectivity index (χ0) is 24.0. The number of nitrogens with one attached hydrogen (secondary N) is 1. The van der Waals surface area contributed by atoms with Gasteiger partial charge in [0.1, 0.15) is 5.75 Å². The average molecular weight is 476 g/mol. The Labute approximate surface area is 199 Å². The normalized spacial score (nSPS) is 14.2. The molecule has 4 rings (SSSR count). The van der Waals surface area contributed by atoms with E-state index < -0.39 is 10.0 Å². The second-order valence-electron chi connectivity index (χ2n) is 8.04. The first-order valence-corrected chi connectivity index (χ1v) is 12.5. The van der Waals surface area contributed by atoms with Crippen molar-refractivity contribution in [3.05, 3.63) is 78.4 Å². The summed E-state index contributed by atoms with van der Waals surface area (Å²) in [5, 5.41) is 11.6. The smallest absolute Gasteiger partial charge is 0.262 e. The molecule has 0 atom stereocenters. The second-order valence-corrected chi connectivity index (χ2v) is 9.98. The van der Waals surface area contributed by atoms with Gasteiger partial charge in [0.05, 0.1) is 16.5 Å². The number of carbonyl (C=O) groups excluding carboxylic acids is 1. The highest BCUT2D eigenvalue weighted by Gasteiger charge is 2.26. The molecule has 8 heteroatoms. The average Bonchev–Trinajstić information content (AvgIpc) is 2.88. The third-order valence-corrected chi connectivity index (χ3v) is 7.54. The quantitative estimate of drug-likeness (QED) is 0.545. The summed E-state index contributed by atoms with van der Waals surface area (Å²) in [6.45, 7) is 0.840. The Morgan fingerprint density at radius 1 is 0.941 bits per heavy atom. The molecular formula is C26H25N3O4S. The number of sulfonamides is 1. The first-order chi connectivity index (χ1) is 16.5. The van der Waals surface area contributed by atoms with Crippen molar-refractivity contribution in [1.29, 1.82) is 5.26 Å². The van der Waals surface area contributed by atoms with Crippen LogP contribution in [0.1, 0.15) is 24.8 Å². The van der Waals surface area contributed by atoms with E-state index in [1.165, 1.54) is 10.4 Å². The van der Waals surface area contributed by atoms with Crippen LogP contribution in [0.5, 0.6) is 5.75 Å². The molecule has 0 bridgehead atoms. The molecule has 3 aromatic carbocycles. The summed E-state index contributed by atoms with van der Waals surface area (Å²) in [5.74, 6) is 0.151. The van der Waals surface area contributed by atoms with Crippen LogP contribution in [0, 0.1) is 11.3 Å². The predicted molar refractivity (Wildman–Crippen MR) is 130 cm³/mol. The highest BCUT2D eigenvalue weighted by molar-refractivity contribution is 7.89. The number of nitriles is 1. The van der Waals surface area contributed by atoms with Crippen molar-refractivity contribution in [3.63, 3.8) is 0 Å². The highest BCUT2D eigenvalue weighted by Crippen LogP contribution is 2.24. The Morgan fingerprint density at radius 2 is 1.59 bits per heavy atom. The lowest BCUT2D eigenvalue weighted by Crippen LogP contribution is -2.35. The van der Waals surface area contributed by atoms with Gasteiger partial charge in [-0.15, -0.1) is 0 Å². The van der Waals surface area contributed by atoms with Crippen molar-refractivity contribution in [3.8, 4) is 22.9 Å². The molecule has 0 radical (unpaired) electrons. The summed E-state index contributed by atoms with van der Waals surface area (Å²) in [6.07, 6.45) is 2.77. The van der Waals surface area contributed by atoms with Crippen molar-refractivity contribution in [2.24, 2.45) is 0 Å². The topological polar surface area (TPSA) is 99.5 Å². The Hall–Kier alpha value is -3.67. The fraction of sp³-hybridized carbons (Fsp3) is 0.231. The molecule has 34 heavy (non-hydrogen) atoms. The van der Waals surface area contributed by atoms with Gasteiger partial charge in [-0.3, -0.25) is 4.79 Å². The molecule has 0 aliphatic carbocycles. The van der Waals surface area contributed by atoms with E-state index >= 15 is 0 Å². The Kier molecular flexibility index (Phi) is 7.26. The van der Waals surface area contributed by atoms with E-state index in [9.17, 15) is 13.2 Å². The first kappa shape index (κ1) is 23.5. The van der Waals surface area contributed by atoms with Crippen molar-refractivity contribution >= 4 is 21.6 Å². The number of anilines is 1. The predicted octanol–water partition coefficient (Wildman–Crippen LogP) is 4.42. The van der Waals surface area contributed by atoms with E-state index in [1.807, 2.05) is 24.3 Å². The van der Waals surface area contributed by atoms with E-state index in [4.69, 9.17) is 10.00 Å². The molecule has 1 aliphatic heterocycles. The molecule has 0 spiro atoms. The van der Waals surface area contributed by atoms with Crippen LogP contribution >= 0.6 is 0 Å². The van der Waals surface area contributed by atoms with Crippen LogP contribution in [0.4, 0.5) is 5.69 Å². The van der Waals surface area contributed by atoms with Gasteiger partial charge < -0.3 is 10.1 Å². The largest absolute Gasteiger partial charge is 0.484 e. The minimum atomic E-state index is -3.57. The molecule has 1 fully saturated rings. The van der Waals surface area contributed by atoms with Crippen LogP contribution in [0.2, 0.25) is 0 Å². The summed E-state index contributed by atoms with van der Waals surface area (Å²) < 4.78 is 32.8. The van der Waals surface area contributed by atoms with Crippen molar-refractivity contribution in [1.82, 2.24) is 4.31 Å². The molecule has 1 amide bonds. The van der Waals surface area contributed by atoms with Gasteiger partial charge in [-0.25, -0.2) is 8.42 Å². The maximum absolute atomic E-state index is 12.9. The molecule has 1 saturated heterocycles. The minimum absolute atomic E-state index is 0.173. The number of ether oxygens (including phenoxy) is 1. The van der Waals surface area contributed by atoms with E-state index in [1.54, 1.807) is 42.5 Å². The fourth-order valence-electron chi connectivity index (χ4n) is 3.82. The molecule has 3 aromatic rings. The molecular weight excluding hydrogens is 450 g/mol. The maximum Gasteiger partial charge on any atom is 0.262 e. The summed E-state index contributed by atoms with van der Waals surface area (Å²) >= 11 is 0. The zero-order valence-electron chi connectivity index (χ0n) is 18.6. The number of rotatable bonds is 7. The number of hydrogen-bond donors (Lipinski definition) is 1. The molecule has 1 N–H and O–H groups in total. The summed E-state index contributed by atoms with van der Waals surface area (Å²) in [7, 11) is -3.57. The van der Waals surface area contributed by atoms with Gasteiger partial charge in [0, 0.05) is 18.8 Å². The van der Waals surface area contributed by atoms with E-state index in [0.717, 1.165) is 30.4 Å². The van der Waals surface area contributed by atoms with Gasteiger partial charge >= 0.3 is 0 Å². The number of nitrogens with zero attached hydrogens (tertiary/aromatic N) is 2. The lowest BCUT2D eigenvalue weighted by Gasteiger charge is -2.26. The maximum atomic E-state index is 12.9. The van der Waals surface area contributed by atoms with E-state index in [-0.39, 0.29) is 17.4 Å². The van der Waals surface area contributed by atoms with Crippen molar-refractivity contribution in [2.75, 3.05) is 25.0 Å². The van der Waals surface area contributed by atoms with Crippen molar-refractivity contribution in [2.45, 2.75) is 24.2 Å². The molecule has 174 valence electrons. The molecule has 7 nitrogen and oxygen atoms in total. The fourth-order valence-corrected chi connectivity index (χ4v) is 5.38. The number of amides is 1.